The molecule has 0 aliphatic carbocycles. The first-order chi connectivity index (χ1) is 9.99. The minimum absolute atomic E-state index is 0.0301. The van der Waals surface area contributed by atoms with E-state index in [1.807, 2.05) is 30.3 Å². The number of rotatable bonds is 5. The molecule has 0 aliphatic rings. The van der Waals surface area contributed by atoms with Gasteiger partial charge in [0.2, 0.25) is 6.41 Å². The molecule has 0 fully saturated rings. The quantitative estimate of drug-likeness (QED) is 0.793. The van der Waals surface area contributed by atoms with Gasteiger partial charge in [0.1, 0.15) is 5.69 Å². The molecule has 2 rings (SSSR count). The van der Waals surface area contributed by atoms with E-state index >= 15 is 0 Å². The summed E-state index contributed by atoms with van der Waals surface area (Å²) in [6.07, 6.45) is -3.88. The number of pyridine rings is 1. The molecular formula is C15H13F3N2O. The van der Waals surface area contributed by atoms with Crippen molar-refractivity contribution in [2.24, 2.45) is 0 Å². The first-order valence-electron chi connectivity index (χ1n) is 6.25. The second-order valence-electron chi connectivity index (χ2n) is 4.51. The molecule has 0 saturated carbocycles. The van der Waals surface area contributed by atoms with E-state index in [0.717, 1.165) is 11.6 Å². The van der Waals surface area contributed by atoms with Crippen molar-refractivity contribution in [3.8, 4) is 0 Å². The van der Waals surface area contributed by atoms with Crippen LogP contribution in [-0.2, 0) is 24.1 Å². The zero-order valence-electron chi connectivity index (χ0n) is 11.0. The van der Waals surface area contributed by atoms with E-state index in [2.05, 4.69) is 4.98 Å². The second-order valence-corrected chi connectivity index (χ2v) is 4.51. The summed E-state index contributed by atoms with van der Waals surface area (Å²) in [6, 6.07) is 12.9. The molecule has 0 bridgehead atoms. The van der Waals surface area contributed by atoms with Gasteiger partial charge in [0.05, 0.1) is 12.2 Å². The van der Waals surface area contributed by atoms with Gasteiger partial charge in [-0.2, -0.15) is 13.2 Å². The standard InChI is InChI=1S/C15H13F3N2O/c16-15(17,18)14-8-4-7-13(19-14)10-20(11-21)9-12-5-2-1-3-6-12/h1-8,11H,9-10H2. The van der Waals surface area contributed by atoms with E-state index in [1.165, 1.54) is 17.0 Å². The van der Waals surface area contributed by atoms with Crippen LogP contribution in [0.4, 0.5) is 13.2 Å². The fourth-order valence-corrected chi connectivity index (χ4v) is 1.88. The van der Waals surface area contributed by atoms with Crippen LogP contribution in [0.1, 0.15) is 17.0 Å². The van der Waals surface area contributed by atoms with Crippen molar-refractivity contribution >= 4 is 6.41 Å². The lowest BCUT2D eigenvalue weighted by Gasteiger charge is -2.17. The average molecular weight is 294 g/mol. The van der Waals surface area contributed by atoms with Crippen LogP contribution >= 0.6 is 0 Å². The zero-order chi connectivity index (χ0) is 15.3. The Kier molecular flexibility index (Phi) is 4.57. The van der Waals surface area contributed by atoms with Crippen LogP contribution in [0.25, 0.3) is 0 Å². The van der Waals surface area contributed by atoms with E-state index in [1.54, 1.807) is 0 Å². The molecule has 0 N–H and O–H groups in total. The zero-order valence-corrected chi connectivity index (χ0v) is 11.0. The minimum atomic E-state index is -4.48. The maximum absolute atomic E-state index is 12.6. The third-order valence-corrected chi connectivity index (χ3v) is 2.84. The highest BCUT2D eigenvalue weighted by Crippen LogP contribution is 2.27. The summed E-state index contributed by atoms with van der Waals surface area (Å²) in [5.74, 6) is 0. The third kappa shape index (κ3) is 4.30. The van der Waals surface area contributed by atoms with Crippen molar-refractivity contribution in [1.29, 1.82) is 0 Å². The largest absolute Gasteiger partial charge is 0.433 e. The number of aromatic nitrogens is 1. The van der Waals surface area contributed by atoms with Crippen molar-refractivity contribution in [3.05, 3.63) is 65.5 Å². The summed E-state index contributed by atoms with van der Waals surface area (Å²) in [5, 5.41) is 0. The Morgan fingerprint density at radius 2 is 1.71 bits per heavy atom. The number of carbonyl (C=O) groups excluding carboxylic acids is 1. The lowest BCUT2D eigenvalue weighted by molar-refractivity contribution is -0.141. The summed E-state index contributed by atoms with van der Waals surface area (Å²) in [6.45, 7) is 0.352. The van der Waals surface area contributed by atoms with E-state index in [0.29, 0.717) is 13.0 Å². The number of alkyl halides is 3. The van der Waals surface area contributed by atoms with Gasteiger partial charge < -0.3 is 4.90 Å². The summed E-state index contributed by atoms with van der Waals surface area (Å²) in [5.41, 5.74) is 0.148. The summed E-state index contributed by atoms with van der Waals surface area (Å²) < 4.78 is 37.8. The van der Waals surface area contributed by atoms with Crippen LogP contribution in [0.3, 0.4) is 0 Å². The Morgan fingerprint density at radius 1 is 1.00 bits per heavy atom. The van der Waals surface area contributed by atoms with Crippen LogP contribution in [0.2, 0.25) is 0 Å². The highest BCUT2D eigenvalue weighted by Gasteiger charge is 2.32. The number of amides is 1. The van der Waals surface area contributed by atoms with Crippen LogP contribution < -0.4 is 0 Å². The Hall–Kier alpha value is -2.37. The molecule has 0 radical (unpaired) electrons. The number of hydrogen-bond acceptors (Lipinski definition) is 2. The first-order valence-corrected chi connectivity index (χ1v) is 6.25. The number of halogens is 3. The van der Waals surface area contributed by atoms with Crippen molar-refractivity contribution in [1.82, 2.24) is 9.88 Å². The average Bonchev–Trinajstić information content (AvgIpc) is 2.47. The smallest absolute Gasteiger partial charge is 0.335 e. The summed E-state index contributed by atoms with van der Waals surface area (Å²) >= 11 is 0. The summed E-state index contributed by atoms with van der Waals surface area (Å²) in [7, 11) is 0. The van der Waals surface area contributed by atoms with Crippen molar-refractivity contribution in [2.75, 3.05) is 0 Å². The van der Waals surface area contributed by atoms with Crippen LogP contribution in [-0.4, -0.2) is 16.3 Å². The molecule has 1 heterocycles. The molecular weight excluding hydrogens is 281 g/mol. The van der Waals surface area contributed by atoms with Gasteiger partial charge in [-0.25, -0.2) is 4.98 Å². The number of hydrogen-bond donors (Lipinski definition) is 0. The van der Waals surface area contributed by atoms with E-state index in [4.69, 9.17) is 0 Å². The molecule has 110 valence electrons. The maximum Gasteiger partial charge on any atom is 0.433 e. The fraction of sp³-hybridized carbons (Fsp3) is 0.200. The van der Waals surface area contributed by atoms with Crippen LogP contribution in [0, 0.1) is 0 Å². The molecule has 1 aromatic heterocycles. The number of nitrogens with zero attached hydrogens (tertiary/aromatic N) is 2. The van der Waals surface area contributed by atoms with Crippen molar-refractivity contribution in [2.45, 2.75) is 19.3 Å². The Balaban J connectivity index is 2.10. The lowest BCUT2D eigenvalue weighted by atomic mass is 10.2. The number of carbonyl (C=O) groups is 1. The Morgan fingerprint density at radius 3 is 2.33 bits per heavy atom. The molecule has 3 nitrogen and oxygen atoms in total. The topological polar surface area (TPSA) is 33.2 Å². The molecule has 0 atom stereocenters. The highest BCUT2D eigenvalue weighted by molar-refractivity contribution is 5.47. The predicted molar refractivity (Wildman–Crippen MR) is 71.0 cm³/mol. The van der Waals surface area contributed by atoms with Gasteiger partial charge in [-0.05, 0) is 17.7 Å². The Bertz CT molecular complexity index is 599. The van der Waals surface area contributed by atoms with Gasteiger partial charge in [-0.1, -0.05) is 36.4 Å². The minimum Gasteiger partial charge on any atom is -0.335 e. The van der Waals surface area contributed by atoms with Gasteiger partial charge in [0.15, 0.2) is 0 Å². The first kappa shape index (κ1) is 15.0. The molecule has 0 spiro atoms. The third-order valence-electron chi connectivity index (χ3n) is 2.84. The van der Waals surface area contributed by atoms with Crippen LogP contribution in [0.5, 0.6) is 0 Å². The number of benzene rings is 1. The fourth-order valence-electron chi connectivity index (χ4n) is 1.88. The van der Waals surface area contributed by atoms with E-state index in [-0.39, 0.29) is 12.2 Å². The van der Waals surface area contributed by atoms with Crippen molar-refractivity contribution in [3.63, 3.8) is 0 Å². The molecule has 0 aliphatic heterocycles. The van der Waals surface area contributed by atoms with Gasteiger partial charge in [-0.15, -0.1) is 0 Å². The normalized spacial score (nSPS) is 11.2. The summed E-state index contributed by atoms with van der Waals surface area (Å²) in [4.78, 5) is 16.0. The molecule has 0 unspecified atom stereocenters. The molecule has 1 aromatic carbocycles. The molecule has 21 heavy (non-hydrogen) atoms. The van der Waals surface area contributed by atoms with Crippen LogP contribution in [0.15, 0.2) is 48.5 Å². The molecule has 0 saturated heterocycles. The predicted octanol–water partition coefficient (Wildman–Crippen LogP) is 3.26. The van der Waals surface area contributed by atoms with Gasteiger partial charge in [-0.3, -0.25) is 4.79 Å². The van der Waals surface area contributed by atoms with Gasteiger partial charge in [0, 0.05) is 6.54 Å². The second kappa shape index (κ2) is 6.39. The maximum atomic E-state index is 12.6. The van der Waals surface area contributed by atoms with E-state index < -0.39 is 11.9 Å². The molecule has 2 aromatic rings. The van der Waals surface area contributed by atoms with Gasteiger partial charge >= 0.3 is 6.18 Å². The lowest BCUT2D eigenvalue weighted by Crippen LogP contribution is -2.22. The van der Waals surface area contributed by atoms with Crippen molar-refractivity contribution < 1.29 is 18.0 Å². The SMILES string of the molecule is O=CN(Cc1ccccc1)Cc1cccc(C(F)(F)F)n1. The van der Waals surface area contributed by atoms with Gasteiger partial charge in [0.25, 0.3) is 0 Å². The van der Waals surface area contributed by atoms with E-state index in [9.17, 15) is 18.0 Å². The molecule has 6 heteroatoms. The highest BCUT2D eigenvalue weighted by atomic mass is 19.4. The monoisotopic (exact) mass is 294 g/mol. The Labute approximate surface area is 120 Å². The molecule has 1 amide bonds.